The minimum absolute atomic E-state index is 0.256. The molecule has 1 rings (SSSR count). The second kappa shape index (κ2) is 6.44. The van der Waals surface area contributed by atoms with Gasteiger partial charge in [0.2, 0.25) is 0 Å². The molecule has 0 nitrogen and oxygen atoms in total. The largest absolute Gasteiger partial charge is 0.126 e. The van der Waals surface area contributed by atoms with Gasteiger partial charge in [0.15, 0.2) is 0 Å². The van der Waals surface area contributed by atoms with E-state index in [-0.39, 0.29) is 5.41 Å². The average molecular weight is 253 g/mol. The van der Waals surface area contributed by atoms with Crippen molar-refractivity contribution in [3.63, 3.8) is 0 Å². The molecule has 0 saturated heterocycles. The van der Waals surface area contributed by atoms with Crippen LogP contribution in [0.15, 0.2) is 24.3 Å². The van der Waals surface area contributed by atoms with E-state index in [0.717, 1.165) is 5.88 Å². The van der Waals surface area contributed by atoms with Gasteiger partial charge in [-0.3, -0.25) is 0 Å². The van der Waals surface area contributed by atoms with Gasteiger partial charge in [-0.25, -0.2) is 0 Å². The van der Waals surface area contributed by atoms with Gasteiger partial charge in [-0.1, -0.05) is 52.0 Å². The third kappa shape index (κ3) is 5.12. The molecule has 1 aromatic carbocycles. The molecule has 0 aliphatic heterocycles. The lowest BCUT2D eigenvalue weighted by molar-refractivity contribution is 0.560. The molecule has 1 aromatic rings. The predicted molar refractivity (Wildman–Crippen MR) is 78.0 cm³/mol. The van der Waals surface area contributed by atoms with Crippen LogP contribution in [0.2, 0.25) is 0 Å². The first-order chi connectivity index (χ1) is 7.93. The first kappa shape index (κ1) is 14.6. The third-order valence-electron chi connectivity index (χ3n) is 3.25. The molecule has 1 heteroatoms. The van der Waals surface area contributed by atoms with Crippen LogP contribution in [0.4, 0.5) is 0 Å². The van der Waals surface area contributed by atoms with Crippen LogP contribution in [-0.2, 0) is 11.8 Å². The van der Waals surface area contributed by atoms with E-state index in [2.05, 4.69) is 52.0 Å². The van der Waals surface area contributed by atoms with Crippen molar-refractivity contribution in [2.45, 2.75) is 52.4 Å². The summed E-state index contributed by atoms with van der Waals surface area (Å²) in [6, 6.07) is 9.07. The highest BCUT2D eigenvalue weighted by atomic mass is 35.5. The Morgan fingerprint density at radius 2 is 1.71 bits per heavy atom. The Balaban J connectivity index is 2.46. The van der Waals surface area contributed by atoms with E-state index in [1.807, 2.05) is 0 Å². The molecule has 0 radical (unpaired) electrons. The van der Waals surface area contributed by atoms with Crippen molar-refractivity contribution < 1.29 is 0 Å². The topological polar surface area (TPSA) is 0 Å². The van der Waals surface area contributed by atoms with Crippen molar-refractivity contribution in [2.24, 2.45) is 5.92 Å². The number of aryl methyl sites for hydroxylation is 1. The Bertz CT molecular complexity index is 318. The quantitative estimate of drug-likeness (QED) is 0.634. The summed E-state index contributed by atoms with van der Waals surface area (Å²) in [7, 11) is 0. The third-order valence-corrected chi connectivity index (χ3v) is 3.77. The number of benzene rings is 1. The van der Waals surface area contributed by atoms with Crippen LogP contribution in [0.3, 0.4) is 0 Å². The van der Waals surface area contributed by atoms with Crippen LogP contribution in [-0.4, -0.2) is 5.88 Å². The fourth-order valence-electron chi connectivity index (χ4n) is 1.90. The monoisotopic (exact) mass is 252 g/mol. The molecule has 0 fully saturated rings. The van der Waals surface area contributed by atoms with Crippen molar-refractivity contribution in [1.82, 2.24) is 0 Å². The lowest BCUT2D eigenvalue weighted by Crippen LogP contribution is -2.10. The lowest BCUT2D eigenvalue weighted by Gasteiger charge is -2.19. The van der Waals surface area contributed by atoms with E-state index in [9.17, 15) is 0 Å². The summed E-state index contributed by atoms with van der Waals surface area (Å²) in [5, 5.41) is 0. The Morgan fingerprint density at radius 3 is 2.18 bits per heavy atom. The summed E-state index contributed by atoms with van der Waals surface area (Å²) in [6.07, 6.45) is 3.64. The molecular weight excluding hydrogens is 228 g/mol. The molecule has 1 unspecified atom stereocenters. The molecule has 1 atom stereocenters. The first-order valence-electron chi connectivity index (χ1n) is 6.59. The minimum atomic E-state index is 0.256. The van der Waals surface area contributed by atoms with E-state index in [0.29, 0.717) is 5.92 Å². The summed E-state index contributed by atoms with van der Waals surface area (Å²) >= 11 is 5.80. The van der Waals surface area contributed by atoms with Gasteiger partial charge >= 0.3 is 0 Å². The van der Waals surface area contributed by atoms with E-state index < -0.39 is 0 Å². The molecule has 0 aromatic heterocycles. The van der Waals surface area contributed by atoms with E-state index in [1.54, 1.807) is 0 Å². The van der Waals surface area contributed by atoms with Crippen LogP contribution < -0.4 is 0 Å². The molecule has 96 valence electrons. The van der Waals surface area contributed by atoms with Crippen LogP contribution in [0.25, 0.3) is 0 Å². The number of hydrogen-bond acceptors (Lipinski definition) is 0. The van der Waals surface area contributed by atoms with Gasteiger partial charge in [0.1, 0.15) is 0 Å². The SMILES string of the molecule is CC(CCl)CCCc1ccc(C(C)(C)C)cc1. The summed E-state index contributed by atoms with van der Waals surface area (Å²) in [4.78, 5) is 0. The second-order valence-electron chi connectivity index (χ2n) is 6.10. The molecule has 0 spiro atoms. The molecule has 0 aliphatic rings. The maximum Gasteiger partial charge on any atom is 0.0249 e. The average Bonchev–Trinajstić information content (AvgIpc) is 2.28. The summed E-state index contributed by atoms with van der Waals surface area (Å²) < 4.78 is 0. The Morgan fingerprint density at radius 1 is 1.12 bits per heavy atom. The molecular formula is C16H25Cl. The van der Waals surface area contributed by atoms with Gasteiger partial charge in [-0.05, 0) is 41.7 Å². The Kier molecular flexibility index (Phi) is 5.52. The minimum Gasteiger partial charge on any atom is -0.126 e. The first-order valence-corrected chi connectivity index (χ1v) is 7.12. The van der Waals surface area contributed by atoms with Crippen LogP contribution in [0.1, 0.15) is 51.7 Å². The van der Waals surface area contributed by atoms with Gasteiger partial charge in [0.25, 0.3) is 0 Å². The fraction of sp³-hybridized carbons (Fsp3) is 0.625. The highest BCUT2D eigenvalue weighted by molar-refractivity contribution is 6.18. The Hall–Kier alpha value is -0.490. The number of halogens is 1. The molecule has 0 heterocycles. The maximum atomic E-state index is 5.80. The summed E-state index contributed by atoms with van der Waals surface area (Å²) in [6.45, 7) is 8.98. The molecule has 17 heavy (non-hydrogen) atoms. The molecule has 0 N–H and O–H groups in total. The number of hydrogen-bond donors (Lipinski definition) is 0. The zero-order valence-corrected chi connectivity index (χ0v) is 12.3. The normalized spacial score (nSPS) is 13.7. The van der Waals surface area contributed by atoms with Crippen LogP contribution >= 0.6 is 11.6 Å². The Labute approximate surface area is 111 Å². The van der Waals surface area contributed by atoms with Crippen molar-refractivity contribution >= 4 is 11.6 Å². The molecule has 0 saturated carbocycles. The van der Waals surface area contributed by atoms with Gasteiger partial charge in [0.05, 0.1) is 0 Å². The number of rotatable bonds is 5. The van der Waals surface area contributed by atoms with Gasteiger partial charge in [-0.15, -0.1) is 11.6 Å². The van der Waals surface area contributed by atoms with E-state index in [1.165, 1.54) is 30.4 Å². The lowest BCUT2D eigenvalue weighted by atomic mass is 9.86. The van der Waals surface area contributed by atoms with E-state index in [4.69, 9.17) is 11.6 Å². The smallest absolute Gasteiger partial charge is 0.0249 e. The van der Waals surface area contributed by atoms with Crippen molar-refractivity contribution in [2.75, 3.05) is 5.88 Å². The maximum absolute atomic E-state index is 5.80. The summed E-state index contributed by atoms with van der Waals surface area (Å²) in [5.74, 6) is 1.42. The number of alkyl halides is 1. The van der Waals surface area contributed by atoms with Gasteiger partial charge in [-0.2, -0.15) is 0 Å². The standard InChI is InChI=1S/C16H25Cl/c1-13(12-17)6-5-7-14-8-10-15(11-9-14)16(2,3)4/h8-11,13H,5-7,12H2,1-4H3. The van der Waals surface area contributed by atoms with Crippen molar-refractivity contribution in [3.05, 3.63) is 35.4 Å². The highest BCUT2D eigenvalue weighted by Gasteiger charge is 2.12. The zero-order chi connectivity index (χ0) is 12.9. The van der Waals surface area contributed by atoms with Gasteiger partial charge in [0, 0.05) is 5.88 Å². The zero-order valence-electron chi connectivity index (χ0n) is 11.6. The fourth-order valence-corrected chi connectivity index (χ4v) is 2.06. The molecule has 0 aliphatic carbocycles. The van der Waals surface area contributed by atoms with Gasteiger partial charge < -0.3 is 0 Å². The second-order valence-corrected chi connectivity index (χ2v) is 6.41. The van der Waals surface area contributed by atoms with Crippen LogP contribution in [0.5, 0.6) is 0 Å². The molecule has 0 amide bonds. The molecule has 0 bridgehead atoms. The predicted octanol–water partition coefficient (Wildman–Crippen LogP) is 5.18. The summed E-state index contributed by atoms with van der Waals surface area (Å²) in [5.41, 5.74) is 3.11. The van der Waals surface area contributed by atoms with E-state index >= 15 is 0 Å². The van der Waals surface area contributed by atoms with Crippen molar-refractivity contribution in [3.8, 4) is 0 Å². The van der Waals surface area contributed by atoms with Crippen molar-refractivity contribution in [1.29, 1.82) is 0 Å². The van der Waals surface area contributed by atoms with Crippen LogP contribution in [0, 0.1) is 5.92 Å². The highest BCUT2D eigenvalue weighted by Crippen LogP contribution is 2.22.